The second kappa shape index (κ2) is 41.1. The Labute approximate surface area is 341 Å². The van der Waals surface area contributed by atoms with Crippen LogP contribution in [-0.2, 0) is 32.7 Å². The van der Waals surface area contributed by atoms with Gasteiger partial charge in [-0.25, -0.2) is 4.57 Å². The van der Waals surface area contributed by atoms with Crippen molar-refractivity contribution in [3.05, 3.63) is 48.6 Å². The zero-order valence-electron chi connectivity index (χ0n) is 35.3. The fraction of sp³-hybridized carbons (Fsp3) is 0.778. The molecule has 326 valence electrons. The van der Waals surface area contributed by atoms with Gasteiger partial charge in [-0.2, -0.15) is 0 Å². The number of aliphatic hydroxyl groups excluding tert-OH is 2. The first kappa shape index (κ1) is 53.9. The van der Waals surface area contributed by atoms with Gasteiger partial charge in [0.05, 0.1) is 19.8 Å². The lowest BCUT2D eigenvalue weighted by Gasteiger charge is -2.20. The van der Waals surface area contributed by atoms with E-state index in [9.17, 15) is 24.2 Å². The molecule has 0 aromatic carbocycles. The van der Waals surface area contributed by atoms with Gasteiger partial charge in [-0.1, -0.05) is 165 Å². The molecule has 3 atom stereocenters. The molecule has 0 bridgehead atoms. The number of phosphoric ester groups is 1. The molecule has 2 unspecified atom stereocenters. The first-order chi connectivity index (χ1) is 27.2. The third-order valence-corrected chi connectivity index (χ3v) is 10.2. The molecule has 0 rings (SSSR count). The molecule has 0 aromatic heterocycles. The Balaban J connectivity index is 4.30. The van der Waals surface area contributed by atoms with Gasteiger partial charge in [0, 0.05) is 12.8 Å². The van der Waals surface area contributed by atoms with Gasteiger partial charge in [-0.05, 0) is 57.8 Å². The maximum absolute atomic E-state index is 12.6. The summed E-state index contributed by atoms with van der Waals surface area (Å²) in [6, 6.07) is 0. The van der Waals surface area contributed by atoms with Crippen molar-refractivity contribution in [1.82, 2.24) is 0 Å². The number of allylic oxidation sites excluding steroid dienone is 8. The minimum atomic E-state index is -4.63. The molecule has 0 aliphatic carbocycles. The number of unbranched alkanes of at least 4 members (excludes halogenated alkanes) is 20. The summed E-state index contributed by atoms with van der Waals surface area (Å²) < 4.78 is 32.6. The van der Waals surface area contributed by atoms with Gasteiger partial charge in [-0.3, -0.25) is 18.6 Å². The summed E-state index contributed by atoms with van der Waals surface area (Å²) in [4.78, 5) is 34.9. The highest BCUT2D eigenvalue weighted by Crippen LogP contribution is 2.43. The lowest BCUT2D eigenvalue weighted by atomic mass is 10.1. The second-order valence-electron chi connectivity index (χ2n) is 14.7. The summed E-state index contributed by atoms with van der Waals surface area (Å²) in [5, 5.41) is 18.3. The normalized spacial score (nSPS) is 14.3. The lowest BCUT2D eigenvalue weighted by molar-refractivity contribution is -0.161. The van der Waals surface area contributed by atoms with Gasteiger partial charge >= 0.3 is 19.8 Å². The smallest absolute Gasteiger partial charge is 0.462 e. The summed E-state index contributed by atoms with van der Waals surface area (Å²) in [6.45, 7) is 2.28. The number of ether oxygens (including phenoxy) is 2. The number of hydrogen-bond acceptors (Lipinski definition) is 9. The van der Waals surface area contributed by atoms with Crippen LogP contribution in [0.1, 0.15) is 187 Å². The summed E-state index contributed by atoms with van der Waals surface area (Å²) in [7, 11) is -4.63. The monoisotopic (exact) mass is 813 g/mol. The zero-order valence-corrected chi connectivity index (χ0v) is 36.2. The Hall–Kier alpha value is -2.07. The molecule has 0 radical (unpaired) electrons. The van der Waals surface area contributed by atoms with E-state index >= 15 is 0 Å². The van der Waals surface area contributed by atoms with E-state index in [1.807, 2.05) is 12.2 Å². The van der Waals surface area contributed by atoms with E-state index in [2.05, 4.69) is 54.8 Å². The maximum Gasteiger partial charge on any atom is 0.472 e. The zero-order chi connectivity index (χ0) is 41.2. The number of hydrogen-bond donors (Lipinski definition) is 3. The number of rotatable bonds is 41. The summed E-state index contributed by atoms with van der Waals surface area (Å²) in [5.41, 5.74) is 0. The highest BCUT2D eigenvalue weighted by molar-refractivity contribution is 7.47. The number of carbonyl (C=O) groups excluding carboxylic acids is 2. The molecule has 0 aromatic rings. The van der Waals surface area contributed by atoms with E-state index < -0.39 is 51.8 Å². The van der Waals surface area contributed by atoms with Crippen LogP contribution < -0.4 is 0 Å². The van der Waals surface area contributed by atoms with Gasteiger partial charge in [0.25, 0.3) is 0 Å². The quantitative estimate of drug-likeness (QED) is 0.0179. The largest absolute Gasteiger partial charge is 0.472 e. The van der Waals surface area contributed by atoms with Crippen molar-refractivity contribution in [2.75, 3.05) is 26.4 Å². The topological polar surface area (TPSA) is 149 Å². The number of carbonyl (C=O) groups is 2. The molecular weight excluding hydrogens is 731 g/mol. The van der Waals surface area contributed by atoms with Crippen LogP contribution in [0, 0.1) is 0 Å². The fourth-order valence-corrected chi connectivity index (χ4v) is 6.59. The minimum Gasteiger partial charge on any atom is -0.462 e. The van der Waals surface area contributed by atoms with Crippen LogP contribution in [0.2, 0.25) is 0 Å². The van der Waals surface area contributed by atoms with E-state index in [1.54, 1.807) is 0 Å². The third kappa shape index (κ3) is 40.1. The third-order valence-electron chi connectivity index (χ3n) is 9.25. The van der Waals surface area contributed by atoms with E-state index in [1.165, 1.54) is 109 Å². The van der Waals surface area contributed by atoms with Gasteiger partial charge in [-0.15, -0.1) is 0 Å². The van der Waals surface area contributed by atoms with Crippen molar-refractivity contribution < 1.29 is 47.8 Å². The molecule has 0 aliphatic rings. The molecule has 0 amide bonds. The standard InChI is InChI=1S/C45H81O10P/c1-3-5-7-9-11-13-15-17-18-19-20-21-22-23-25-26-28-30-32-34-36-44(48)52-40-43(41-54-56(50,51)53-39-42(47)38-46)55-45(49)37-35-33-31-29-27-24-16-14-12-10-8-6-4-2/h13,15,17-18,24,27,31,33,42-43,46-47H,3-12,14,16,19-23,25-26,28-30,32,34-41H2,1-2H3,(H,50,51)/b15-13+,18-17+,27-24+,33-31+/t42-,43?/m1/s1. The Kier molecular flexibility index (Phi) is 39.6. The average molecular weight is 813 g/mol. The van der Waals surface area contributed by atoms with E-state index in [4.69, 9.17) is 19.1 Å². The number of phosphoric acid groups is 1. The van der Waals surface area contributed by atoms with Crippen molar-refractivity contribution in [3.8, 4) is 0 Å². The van der Waals surface area contributed by atoms with Crippen molar-refractivity contribution in [1.29, 1.82) is 0 Å². The SMILES string of the molecule is CCCCCC/C=C/C=C/CCCCCCCCCCCCC(=O)OCC(COP(=O)(O)OC[C@H](O)CO)OC(=O)CC/C=C/C/C=C/CCCCCCCC. The minimum absolute atomic E-state index is 0.0768. The van der Waals surface area contributed by atoms with Crippen molar-refractivity contribution in [3.63, 3.8) is 0 Å². The molecule has 0 saturated heterocycles. The molecule has 56 heavy (non-hydrogen) atoms. The van der Waals surface area contributed by atoms with E-state index in [0.717, 1.165) is 38.5 Å². The second-order valence-corrected chi connectivity index (χ2v) is 16.2. The van der Waals surface area contributed by atoms with E-state index in [-0.39, 0.29) is 19.4 Å². The van der Waals surface area contributed by atoms with Crippen molar-refractivity contribution in [2.24, 2.45) is 0 Å². The molecule has 11 heteroatoms. The lowest BCUT2D eigenvalue weighted by Crippen LogP contribution is -2.29. The first-order valence-electron chi connectivity index (χ1n) is 22.1. The fourth-order valence-electron chi connectivity index (χ4n) is 5.80. The van der Waals surface area contributed by atoms with Crippen molar-refractivity contribution in [2.45, 2.75) is 199 Å². The number of esters is 2. The molecule has 0 heterocycles. The molecule has 10 nitrogen and oxygen atoms in total. The van der Waals surface area contributed by atoms with Gasteiger partial charge in [0.2, 0.25) is 0 Å². The Morgan fingerprint density at radius 1 is 0.554 bits per heavy atom. The van der Waals surface area contributed by atoms with Gasteiger partial charge < -0.3 is 24.6 Å². The van der Waals surface area contributed by atoms with Crippen LogP contribution in [0.15, 0.2) is 48.6 Å². The molecule has 0 spiro atoms. The first-order valence-corrected chi connectivity index (χ1v) is 23.6. The number of aliphatic hydroxyl groups is 2. The predicted molar refractivity (Wildman–Crippen MR) is 228 cm³/mol. The highest BCUT2D eigenvalue weighted by Gasteiger charge is 2.27. The summed E-state index contributed by atoms with van der Waals surface area (Å²) in [6.07, 6.45) is 43.8. The van der Waals surface area contributed by atoms with Crippen LogP contribution in [0.4, 0.5) is 0 Å². The highest BCUT2D eigenvalue weighted by atomic mass is 31.2. The molecular formula is C45H81O10P. The van der Waals surface area contributed by atoms with Gasteiger partial charge in [0.1, 0.15) is 12.7 Å². The molecule has 0 fully saturated rings. The van der Waals surface area contributed by atoms with Crippen LogP contribution in [-0.4, -0.2) is 65.7 Å². The van der Waals surface area contributed by atoms with Gasteiger partial charge in [0.15, 0.2) is 6.10 Å². The summed E-state index contributed by atoms with van der Waals surface area (Å²) >= 11 is 0. The van der Waals surface area contributed by atoms with Crippen LogP contribution in [0.5, 0.6) is 0 Å². The maximum atomic E-state index is 12.6. The summed E-state index contributed by atoms with van der Waals surface area (Å²) in [5.74, 6) is -1.01. The Bertz CT molecular complexity index is 1070. The molecule has 3 N–H and O–H groups in total. The van der Waals surface area contributed by atoms with Crippen LogP contribution >= 0.6 is 7.82 Å². The Morgan fingerprint density at radius 3 is 1.57 bits per heavy atom. The van der Waals surface area contributed by atoms with Crippen LogP contribution in [0.3, 0.4) is 0 Å². The van der Waals surface area contributed by atoms with Crippen LogP contribution in [0.25, 0.3) is 0 Å². The predicted octanol–water partition coefficient (Wildman–Crippen LogP) is 11.7. The van der Waals surface area contributed by atoms with E-state index in [0.29, 0.717) is 12.8 Å². The van der Waals surface area contributed by atoms with Crippen molar-refractivity contribution >= 4 is 19.8 Å². The molecule has 0 aliphatic heterocycles. The Morgan fingerprint density at radius 2 is 1.02 bits per heavy atom. The average Bonchev–Trinajstić information content (AvgIpc) is 3.19. The molecule has 0 saturated carbocycles.